The normalized spacial score (nSPS) is 15.8. The summed E-state index contributed by atoms with van der Waals surface area (Å²) < 4.78 is 0. The third-order valence-electron chi connectivity index (χ3n) is 4.73. The number of hydrogen-bond donors (Lipinski definition) is 2. The molecule has 0 aliphatic carbocycles. The summed E-state index contributed by atoms with van der Waals surface area (Å²) in [5, 5.41) is 1.26. The SMILES string of the molecule is O=C(c1c[nH]c(=O)c2ccccc12)N1CCC(c2ncc[nH]2)CC1. The summed E-state index contributed by atoms with van der Waals surface area (Å²) in [5.41, 5.74) is 0.389. The lowest BCUT2D eigenvalue weighted by Gasteiger charge is -2.31. The Hall–Kier alpha value is -2.89. The summed E-state index contributed by atoms with van der Waals surface area (Å²) in [5.74, 6) is 1.34. The highest BCUT2D eigenvalue weighted by molar-refractivity contribution is 6.06. The van der Waals surface area contributed by atoms with Gasteiger partial charge in [-0.1, -0.05) is 18.2 Å². The van der Waals surface area contributed by atoms with Gasteiger partial charge >= 0.3 is 0 Å². The second-order valence-corrected chi connectivity index (χ2v) is 6.12. The number of nitrogens with one attached hydrogen (secondary N) is 2. The van der Waals surface area contributed by atoms with E-state index in [9.17, 15) is 9.59 Å². The summed E-state index contributed by atoms with van der Waals surface area (Å²) in [6.07, 6.45) is 6.91. The molecule has 6 heteroatoms. The van der Waals surface area contributed by atoms with Crippen LogP contribution in [0.25, 0.3) is 10.8 Å². The number of amides is 1. The van der Waals surface area contributed by atoms with E-state index in [4.69, 9.17) is 0 Å². The second-order valence-electron chi connectivity index (χ2n) is 6.12. The van der Waals surface area contributed by atoms with Crippen LogP contribution in [0.1, 0.15) is 34.9 Å². The fourth-order valence-corrected chi connectivity index (χ4v) is 3.41. The van der Waals surface area contributed by atoms with E-state index in [-0.39, 0.29) is 11.5 Å². The molecule has 1 saturated heterocycles. The Labute approximate surface area is 138 Å². The fraction of sp³-hybridized carbons (Fsp3) is 0.278. The molecule has 2 aromatic heterocycles. The van der Waals surface area contributed by atoms with Gasteiger partial charge in [0.15, 0.2) is 0 Å². The van der Waals surface area contributed by atoms with Gasteiger partial charge in [0.1, 0.15) is 5.82 Å². The average Bonchev–Trinajstić information content (AvgIpc) is 3.17. The van der Waals surface area contributed by atoms with Crippen LogP contribution < -0.4 is 5.56 Å². The highest BCUT2D eigenvalue weighted by Crippen LogP contribution is 2.27. The Bertz CT molecular complexity index is 922. The first-order valence-corrected chi connectivity index (χ1v) is 8.13. The average molecular weight is 322 g/mol. The van der Waals surface area contributed by atoms with Gasteiger partial charge in [0.05, 0.1) is 5.56 Å². The first-order valence-electron chi connectivity index (χ1n) is 8.13. The Kier molecular flexibility index (Phi) is 3.65. The van der Waals surface area contributed by atoms with E-state index in [1.807, 2.05) is 23.2 Å². The predicted octanol–water partition coefficient (Wildman–Crippen LogP) is 2.27. The van der Waals surface area contributed by atoms with Gasteiger partial charge in [0, 0.05) is 48.4 Å². The molecule has 0 saturated carbocycles. The lowest BCUT2D eigenvalue weighted by molar-refractivity contribution is 0.0713. The molecule has 0 unspecified atom stereocenters. The van der Waals surface area contributed by atoms with Crippen LogP contribution >= 0.6 is 0 Å². The Balaban J connectivity index is 1.57. The minimum atomic E-state index is -0.168. The van der Waals surface area contributed by atoms with Crippen LogP contribution in [-0.2, 0) is 0 Å². The molecule has 1 aromatic carbocycles. The molecule has 6 nitrogen and oxygen atoms in total. The quantitative estimate of drug-likeness (QED) is 0.759. The van der Waals surface area contributed by atoms with Gasteiger partial charge in [0.2, 0.25) is 0 Å². The number of fused-ring (bicyclic) bond motifs is 1. The molecule has 1 aliphatic heterocycles. The van der Waals surface area contributed by atoms with Crippen LogP contribution in [0, 0.1) is 0 Å². The van der Waals surface area contributed by atoms with Crippen LogP contribution in [0.5, 0.6) is 0 Å². The van der Waals surface area contributed by atoms with Gasteiger partial charge in [-0.25, -0.2) is 4.98 Å². The Morgan fingerprint density at radius 1 is 1.12 bits per heavy atom. The lowest BCUT2D eigenvalue weighted by atomic mass is 9.95. The van der Waals surface area contributed by atoms with Gasteiger partial charge < -0.3 is 14.9 Å². The molecule has 1 fully saturated rings. The number of carbonyl (C=O) groups is 1. The zero-order valence-electron chi connectivity index (χ0n) is 13.2. The van der Waals surface area contributed by atoms with Gasteiger partial charge in [-0.3, -0.25) is 9.59 Å². The largest absolute Gasteiger partial charge is 0.348 e. The van der Waals surface area contributed by atoms with Gasteiger partial charge in [-0.05, 0) is 18.9 Å². The third kappa shape index (κ3) is 2.50. The number of carbonyl (C=O) groups excluding carboxylic acids is 1. The van der Waals surface area contributed by atoms with Crippen molar-refractivity contribution in [3.8, 4) is 0 Å². The van der Waals surface area contributed by atoms with Crippen LogP contribution in [0.3, 0.4) is 0 Å². The van der Waals surface area contributed by atoms with Crippen molar-refractivity contribution in [2.45, 2.75) is 18.8 Å². The molecule has 0 atom stereocenters. The van der Waals surface area contributed by atoms with Crippen molar-refractivity contribution in [1.82, 2.24) is 19.9 Å². The van der Waals surface area contributed by atoms with Crippen molar-refractivity contribution >= 4 is 16.7 Å². The van der Waals surface area contributed by atoms with E-state index in [1.165, 1.54) is 6.20 Å². The van der Waals surface area contributed by atoms with Gasteiger partial charge in [-0.2, -0.15) is 0 Å². The number of hydrogen-bond acceptors (Lipinski definition) is 3. The number of pyridine rings is 1. The number of piperidine rings is 1. The summed E-state index contributed by atoms with van der Waals surface area (Å²) in [7, 11) is 0. The fourth-order valence-electron chi connectivity index (χ4n) is 3.41. The van der Waals surface area contributed by atoms with E-state index in [0.717, 1.165) is 18.7 Å². The molecule has 3 heterocycles. The monoisotopic (exact) mass is 322 g/mol. The molecule has 24 heavy (non-hydrogen) atoms. The number of imidazole rings is 1. The Morgan fingerprint density at radius 2 is 1.88 bits per heavy atom. The maximum atomic E-state index is 12.9. The minimum absolute atomic E-state index is 0.0275. The minimum Gasteiger partial charge on any atom is -0.348 e. The highest BCUT2D eigenvalue weighted by Gasteiger charge is 2.26. The third-order valence-corrected chi connectivity index (χ3v) is 4.73. The maximum absolute atomic E-state index is 12.9. The number of likely N-dealkylation sites (tertiary alicyclic amines) is 1. The van der Waals surface area contributed by atoms with Gasteiger partial charge in [-0.15, -0.1) is 0 Å². The molecule has 1 aliphatic rings. The number of aromatic nitrogens is 3. The second kappa shape index (κ2) is 5.96. The van der Waals surface area contributed by atoms with Crippen LogP contribution in [0.4, 0.5) is 0 Å². The van der Waals surface area contributed by atoms with Crippen molar-refractivity contribution in [1.29, 1.82) is 0 Å². The predicted molar refractivity (Wildman–Crippen MR) is 91.0 cm³/mol. The van der Waals surface area contributed by atoms with Crippen molar-refractivity contribution in [3.05, 3.63) is 64.6 Å². The van der Waals surface area contributed by atoms with E-state index in [2.05, 4.69) is 15.0 Å². The molecular weight excluding hydrogens is 304 g/mol. The van der Waals surface area contributed by atoms with E-state index in [1.54, 1.807) is 18.3 Å². The van der Waals surface area contributed by atoms with Crippen molar-refractivity contribution in [2.75, 3.05) is 13.1 Å². The van der Waals surface area contributed by atoms with E-state index < -0.39 is 0 Å². The van der Waals surface area contributed by atoms with Crippen LogP contribution in [0.15, 0.2) is 47.7 Å². The first kappa shape index (κ1) is 14.7. The van der Waals surface area contributed by atoms with Crippen molar-refractivity contribution in [2.24, 2.45) is 0 Å². The number of H-pyrrole nitrogens is 2. The summed E-state index contributed by atoms with van der Waals surface area (Å²) >= 11 is 0. The van der Waals surface area contributed by atoms with Crippen LogP contribution in [-0.4, -0.2) is 38.8 Å². The van der Waals surface area contributed by atoms with E-state index in [0.29, 0.717) is 35.3 Å². The first-order chi connectivity index (χ1) is 11.7. The summed E-state index contributed by atoms with van der Waals surface area (Å²) in [4.78, 5) is 36.8. The molecule has 0 bridgehead atoms. The molecule has 3 aromatic rings. The van der Waals surface area contributed by atoms with Crippen molar-refractivity contribution in [3.63, 3.8) is 0 Å². The van der Waals surface area contributed by atoms with Gasteiger partial charge in [0.25, 0.3) is 11.5 Å². The smallest absolute Gasteiger partial charge is 0.255 e. The zero-order chi connectivity index (χ0) is 16.5. The van der Waals surface area contributed by atoms with Crippen molar-refractivity contribution < 1.29 is 4.79 Å². The molecule has 1 amide bonds. The standard InChI is InChI=1S/C18H18N4O2/c23-17-14-4-2-1-3-13(14)15(11-21-17)18(24)22-9-5-12(6-10-22)16-19-7-8-20-16/h1-4,7-8,11-12H,5-6,9-10H2,(H,19,20)(H,21,23). The van der Waals surface area contributed by atoms with Crippen LogP contribution in [0.2, 0.25) is 0 Å². The topological polar surface area (TPSA) is 81.8 Å². The number of aromatic amines is 2. The number of rotatable bonds is 2. The molecule has 122 valence electrons. The summed E-state index contributed by atoms with van der Waals surface area (Å²) in [6, 6.07) is 7.23. The number of benzene rings is 1. The lowest BCUT2D eigenvalue weighted by Crippen LogP contribution is -2.38. The highest BCUT2D eigenvalue weighted by atomic mass is 16.2. The number of nitrogens with zero attached hydrogens (tertiary/aromatic N) is 2. The molecule has 0 radical (unpaired) electrons. The zero-order valence-corrected chi connectivity index (χ0v) is 13.2. The molecule has 0 spiro atoms. The molecule has 2 N–H and O–H groups in total. The Morgan fingerprint density at radius 3 is 2.58 bits per heavy atom. The maximum Gasteiger partial charge on any atom is 0.255 e. The van der Waals surface area contributed by atoms with E-state index >= 15 is 0 Å². The summed E-state index contributed by atoms with van der Waals surface area (Å²) in [6.45, 7) is 1.38. The molecular formula is C18H18N4O2. The molecule has 4 rings (SSSR count).